The molecule has 0 amide bonds. The van der Waals surface area contributed by atoms with Crippen LogP contribution in [-0.2, 0) is 0 Å². The van der Waals surface area contributed by atoms with Crippen molar-refractivity contribution in [3.8, 4) is 0 Å². The lowest BCUT2D eigenvalue weighted by Crippen LogP contribution is -2.02. The fraction of sp³-hybridized carbons (Fsp3) is 1.00. The third-order valence-corrected chi connectivity index (χ3v) is 2.48. The van der Waals surface area contributed by atoms with Crippen molar-refractivity contribution in [2.45, 2.75) is 71.3 Å². The molecule has 82 valence electrons. The maximum atomic E-state index is 8.36. The lowest BCUT2D eigenvalue weighted by atomic mass is 10.0. The monoisotopic (exact) mass is 197 g/mol. The molecule has 0 aliphatic carbocycles. The van der Waals surface area contributed by atoms with E-state index in [9.17, 15) is 0 Å². The third kappa shape index (κ3) is 7.93. The third-order valence-electron chi connectivity index (χ3n) is 2.48. The van der Waals surface area contributed by atoms with Gasteiger partial charge in [0.2, 0.25) is 0 Å². The fourth-order valence-corrected chi connectivity index (χ4v) is 1.65. The second-order valence-electron chi connectivity index (χ2n) is 3.85. The van der Waals surface area contributed by atoms with E-state index in [0.717, 1.165) is 19.3 Å². The molecule has 0 N–H and O–H groups in total. The van der Waals surface area contributed by atoms with Crippen molar-refractivity contribution >= 4 is 0 Å². The van der Waals surface area contributed by atoms with E-state index in [4.69, 9.17) is 5.53 Å². The summed E-state index contributed by atoms with van der Waals surface area (Å²) < 4.78 is 0. The molecule has 0 aromatic rings. The van der Waals surface area contributed by atoms with Crippen LogP contribution in [0.2, 0.25) is 0 Å². The lowest BCUT2D eigenvalue weighted by Gasteiger charge is -2.08. The number of nitrogens with zero attached hydrogens (tertiary/aromatic N) is 3. The molecule has 3 heteroatoms. The maximum absolute atomic E-state index is 8.36. The van der Waals surface area contributed by atoms with Crippen molar-refractivity contribution in [3.63, 3.8) is 0 Å². The Hall–Kier alpha value is -0.690. The molecule has 0 saturated heterocycles. The first kappa shape index (κ1) is 13.3. The van der Waals surface area contributed by atoms with Gasteiger partial charge in [0.1, 0.15) is 0 Å². The average molecular weight is 197 g/mol. The molecule has 0 aliphatic rings. The maximum Gasteiger partial charge on any atom is 0.0374 e. The van der Waals surface area contributed by atoms with Gasteiger partial charge in [-0.15, -0.1) is 0 Å². The van der Waals surface area contributed by atoms with E-state index in [1.54, 1.807) is 0 Å². The summed E-state index contributed by atoms with van der Waals surface area (Å²) in [4.78, 5) is 2.89. The molecule has 0 bridgehead atoms. The van der Waals surface area contributed by atoms with Crippen molar-refractivity contribution in [2.75, 3.05) is 0 Å². The minimum absolute atomic E-state index is 0.242. The molecule has 1 atom stereocenters. The minimum atomic E-state index is 0.242. The van der Waals surface area contributed by atoms with E-state index in [1.165, 1.54) is 32.1 Å². The van der Waals surface area contributed by atoms with Crippen LogP contribution in [0.3, 0.4) is 0 Å². The molecule has 0 radical (unpaired) electrons. The molecule has 14 heavy (non-hydrogen) atoms. The van der Waals surface area contributed by atoms with Crippen LogP contribution in [-0.4, -0.2) is 6.04 Å². The summed E-state index contributed by atoms with van der Waals surface area (Å²) in [6.45, 7) is 4.36. The highest BCUT2D eigenvalue weighted by atomic mass is 15.1. The summed E-state index contributed by atoms with van der Waals surface area (Å²) in [5.74, 6) is 0. The molecule has 0 unspecified atom stereocenters. The number of hydrogen-bond donors (Lipinski definition) is 0. The Morgan fingerprint density at radius 1 is 1.00 bits per heavy atom. The van der Waals surface area contributed by atoms with Gasteiger partial charge in [0, 0.05) is 11.0 Å². The van der Waals surface area contributed by atoms with Crippen LogP contribution >= 0.6 is 0 Å². The van der Waals surface area contributed by atoms with Gasteiger partial charge >= 0.3 is 0 Å². The van der Waals surface area contributed by atoms with E-state index in [-0.39, 0.29) is 6.04 Å². The SMILES string of the molecule is CCCCCCC[C@H](CCC)N=[N+]=[N-]. The summed E-state index contributed by atoms with van der Waals surface area (Å²) in [7, 11) is 0. The Kier molecular flexibility index (Phi) is 9.88. The highest BCUT2D eigenvalue weighted by molar-refractivity contribution is 4.66. The second-order valence-corrected chi connectivity index (χ2v) is 3.85. The standard InChI is InChI=1S/C11H23N3/c1-3-5-6-7-8-10-11(9-4-2)13-14-12/h11H,3-10H2,1-2H3/t11-/m0/s1. The molecule has 0 fully saturated rings. The number of unbranched alkanes of at least 4 members (excludes halogenated alkanes) is 4. The Morgan fingerprint density at radius 2 is 1.71 bits per heavy atom. The van der Waals surface area contributed by atoms with E-state index in [0.29, 0.717) is 0 Å². The summed E-state index contributed by atoms with van der Waals surface area (Å²) in [5, 5.41) is 3.81. The first-order chi connectivity index (χ1) is 6.85. The molecule has 0 aromatic carbocycles. The Balaban J connectivity index is 3.45. The van der Waals surface area contributed by atoms with E-state index in [1.807, 2.05) is 0 Å². The van der Waals surface area contributed by atoms with Gasteiger partial charge in [-0.2, -0.15) is 0 Å². The summed E-state index contributed by atoms with van der Waals surface area (Å²) in [6, 6.07) is 0.242. The normalized spacial score (nSPS) is 12.1. The van der Waals surface area contributed by atoms with Crippen LogP contribution in [0.25, 0.3) is 10.4 Å². The van der Waals surface area contributed by atoms with Crippen LogP contribution in [0.1, 0.15) is 65.2 Å². The molecule has 0 spiro atoms. The summed E-state index contributed by atoms with van der Waals surface area (Å²) in [5.41, 5.74) is 8.36. The van der Waals surface area contributed by atoms with Gasteiger partial charge in [0.05, 0.1) is 0 Å². The predicted molar refractivity (Wildman–Crippen MR) is 61.2 cm³/mol. The van der Waals surface area contributed by atoms with Crippen molar-refractivity contribution in [1.82, 2.24) is 0 Å². The molecule has 0 aliphatic heterocycles. The molecular weight excluding hydrogens is 174 g/mol. The quantitative estimate of drug-likeness (QED) is 0.220. The van der Waals surface area contributed by atoms with Gasteiger partial charge in [0.25, 0.3) is 0 Å². The Bertz CT molecular complexity index is 162. The summed E-state index contributed by atoms with van der Waals surface area (Å²) >= 11 is 0. The zero-order chi connectivity index (χ0) is 10.6. The smallest absolute Gasteiger partial charge is 0.0374 e. The first-order valence-corrected chi connectivity index (χ1v) is 5.89. The van der Waals surface area contributed by atoms with Crippen molar-refractivity contribution in [3.05, 3.63) is 10.4 Å². The largest absolute Gasteiger partial charge is 0.0906 e. The van der Waals surface area contributed by atoms with Crippen molar-refractivity contribution in [1.29, 1.82) is 0 Å². The number of hydrogen-bond acceptors (Lipinski definition) is 1. The van der Waals surface area contributed by atoms with Gasteiger partial charge in [-0.3, -0.25) is 0 Å². The van der Waals surface area contributed by atoms with E-state index in [2.05, 4.69) is 23.9 Å². The number of rotatable bonds is 9. The topological polar surface area (TPSA) is 48.8 Å². The van der Waals surface area contributed by atoms with Crippen LogP contribution in [0.5, 0.6) is 0 Å². The molecular formula is C11H23N3. The molecule has 0 rings (SSSR count). The zero-order valence-corrected chi connectivity index (χ0v) is 9.58. The second kappa shape index (κ2) is 10.4. The van der Waals surface area contributed by atoms with Gasteiger partial charge < -0.3 is 0 Å². The minimum Gasteiger partial charge on any atom is -0.0906 e. The molecule has 0 aromatic heterocycles. The summed E-state index contributed by atoms with van der Waals surface area (Å²) in [6.07, 6.45) is 9.66. The molecule has 0 saturated carbocycles. The Labute approximate surface area is 87.5 Å². The predicted octanol–water partition coefficient (Wildman–Crippen LogP) is 4.83. The molecule has 3 nitrogen and oxygen atoms in total. The fourth-order valence-electron chi connectivity index (χ4n) is 1.65. The first-order valence-electron chi connectivity index (χ1n) is 5.89. The van der Waals surface area contributed by atoms with Gasteiger partial charge in [0.15, 0.2) is 0 Å². The van der Waals surface area contributed by atoms with E-state index < -0.39 is 0 Å². The highest BCUT2D eigenvalue weighted by Gasteiger charge is 2.03. The van der Waals surface area contributed by atoms with Gasteiger partial charge in [-0.05, 0) is 18.4 Å². The Morgan fingerprint density at radius 3 is 2.29 bits per heavy atom. The van der Waals surface area contributed by atoms with Crippen LogP contribution in [0.4, 0.5) is 0 Å². The zero-order valence-electron chi connectivity index (χ0n) is 9.58. The van der Waals surface area contributed by atoms with Gasteiger partial charge in [-0.1, -0.05) is 57.5 Å². The van der Waals surface area contributed by atoms with Gasteiger partial charge in [-0.25, -0.2) is 0 Å². The average Bonchev–Trinajstić information content (AvgIpc) is 2.18. The molecule has 0 heterocycles. The number of azide groups is 1. The van der Waals surface area contributed by atoms with Crippen LogP contribution < -0.4 is 0 Å². The van der Waals surface area contributed by atoms with Crippen molar-refractivity contribution in [2.24, 2.45) is 5.11 Å². The van der Waals surface area contributed by atoms with E-state index >= 15 is 0 Å². The highest BCUT2D eigenvalue weighted by Crippen LogP contribution is 2.13. The van der Waals surface area contributed by atoms with Crippen molar-refractivity contribution < 1.29 is 0 Å². The van der Waals surface area contributed by atoms with Crippen LogP contribution in [0.15, 0.2) is 5.11 Å². The lowest BCUT2D eigenvalue weighted by molar-refractivity contribution is 0.510. The van der Waals surface area contributed by atoms with Crippen LogP contribution in [0, 0.1) is 0 Å².